The Morgan fingerprint density at radius 1 is 0.750 bits per heavy atom. The van der Waals surface area contributed by atoms with Crippen molar-refractivity contribution in [3.8, 4) is 11.1 Å². The molecule has 6 atom stereocenters. The summed E-state index contributed by atoms with van der Waals surface area (Å²) in [7, 11) is -0.568. The second kappa shape index (κ2) is 26.0. The van der Waals surface area contributed by atoms with Gasteiger partial charge < -0.3 is 46.4 Å². The lowest BCUT2D eigenvalue weighted by atomic mass is 9.43. The topological polar surface area (TPSA) is 199 Å². The second-order valence-electron chi connectivity index (χ2n) is 18.4. The molecule has 0 aromatic heterocycles. The third kappa shape index (κ3) is 14.9. The summed E-state index contributed by atoms with van der Waals surface area (Å²) in [5.41, 5.74) is 8.67. The first-order chi connectivity index (χ1) is 30.7. The molecule has 2 aromatic carbocycles. The van der Waals surface area contributed by atoms with E-state index in [1.165, 1.54) is 18.4 Å². The molecule has 14 nitrogen and oxygen atoms in total. The van der Waals surface area contributed by atoms with Crippen molar-refractivity contribution in [1.29, 1.82) is 0 Å². The Kier molecular flexibility index (Phi) is 21.3. The molecule has 0 radical (unpaired) electrons. The van der Waals surface area contributed by atoms with Gasteiger partial charge in [-0.1, -0.05) is 110 Å². The van der Waals surface area contributed by atoms with Crippen molar-refractivity contribution in [3.05, 3.63) is 59.7 Å². The summed E-state index contributed by atoms with van der Waals surface area (Å²) in [5, 5.41) is 13.4. The van der Waals surface area contributed by atoms with E-state index in [-0.39, 0.29) is 42.6 Å². The van der Waals surface area contributed by atoms with Crippen LogP contribution in [0.15, 0.2) is 48.5 Å². The van der Waals surface area contributed by atoms with Gasteiger partial charge in [0.2, 0.25) is 23.6 Å². The zero-order chi connectivity index (χ0) is 46.7. The van der Waals surface area contributed by atoms with E-state index in [4.69, 9.17) is 19.8 Å². The van der Waals surface area contributed by atoms with Crippen molar-refractivity contribution in [2.45, 2.75) is 149 Å². The summed E-state index contributed by atoms with van der Waals surface area (Å²) in [6.45, 7) is 15.3. The number of carbonyl (C=O) groups is 5. The quantitative estimate of drug-likeness (QED) is 0.0539. The van der Waals surface area contributed by atoms with E-state index >= 15 is 0 Å². The molecule has 3 aliphatic carbocycles. The van der Waals surface area contributed by atoms with E-state index in [9.17, 15) is 24.0 Å². The molecular weight excluding hydrogens is 811 g/mol. The van der Waals surface area contributed by atoms with E-state index in [0.717, 1.165) is 69.0 Å². The lowest BCUT2D eigenvalue weighted by Crippen LogP contribution is -2.65. The Morgan fingerprint density at radius 2 is 1.36 bits per heavy atom. The highest BCUT2D eigenvalue weighted by Gasteiger charge is 2.67. The average molecular weight is 889 g/mol. The summed E-state index contributed by atoms with van der Waals surface area (Å²) < 4.78 is 18.4. The number of unbranched alkanes of at least 4 members (excludes halogenated alkanes) is 4. The minimum atomic E-state index is -1.12. The Morgan fingerprint density at radius 3 is 1.95 bits per heavy atom. The van der Waals surface area contributed by atoms with Gasteiger partial charge in [-0.15, -0.1) is 0 Å². The van der Waals surface area contributed by atoms with Gasteiger partial charge in [-0.05, 0) is 104 Å². The van der Waals surface area contributed by atoms with Crippen LogP contribution in [0.25, 0.3) is 11.1 Å². The van der Waals surface area contributed by atoms with Crippen molar-refractivity contribution < 1.29 is 38.0 Å². The minimum Gasteiger partial charge on any atom is -0.404 e. The first-order valence-corrected chi connectivity index (χ1v) is 23.9. The van der Waals surface area contributed by atoms with E-state index in [0.29, 0.717) is 36.8 Å². The van der Waals surface area contributed by atoms with Gasteiger partial charge in [0, 0.05) is 12.2 Å². The fourth-order valence-electron chi connectivity index (χ4n) is 9.05. The van der Waals surface area contributed by atoms with Gasteiger partial charge in [0.1, 0.15) is 12.1 Å². The smallest absolute Gasteiger partial charge is 0.404 e. The fraction of sp³-hybridized carbons (Fsp3) is 0.653. The predicted molar refractivity (Wildman–Crippen MR) is 252 cm³/mol. The maximum absolute atomic E-state index is 13.3. The normalized spacial score (nSPS) is 21.2. The Balaban J connectivity index is 0.00000170. The summed E-state index contributed by atoms with van der Waals surface area (Å²) in [5.74, 6) is -1.56. The van der Waals surface area contributed by atoms with E-state index in [1.807, 2.05) is 19.1 Å². The number of ether oxygens (including phenoxy) is 1. The zero-order valence-corrected chi connectivity index (χ0v) is 39.7. The molecular formula is C49H77BN6O8. The summed E-state index contributed by atoms with van der Waals surface area (Å²) in [6.07, 6.45) is 11.7. The highest BCUT2D eigenvalue weighted by Crippen LogP contribution is 2.65. The number of amides is 5. The number of carbonyl (C=O) groups excluding carboxylic acids is 5. The van der Waals surface area contributed by atoms with E-state index in [1.54, 1.807) is 12.1 Å². The number of hydrogen-bond donors (Lipinski definition) is 6. The van der Waals surface area contributed by atoms with Crippen LogP contribution in [-0.4, -0.2) is 99.7 Å². The highest BCUT2D eigenvalue weighted by molar-refractivity contribution is 6.46. The van der Waals surface area contributed by atoms with Crippen molar-refractivity contribution in [2.75, 3.05) is 39.3 Å². The maximum atomic E-state index is 13.3. The van der Waals surface area contributed by atoms with Gasteiger partial charge in [-0.3, -0.25) is 24.0 Å². The largest absolute Gasteiger partial charge is 0.478 e. The molecule has 15 heteroatoms. The third-order valence-corrected chi connectivity index (χ3v) is 13.1. The molecule has 354 valence electrons. The predicted octanol–water partition coefficient (Wildman–Crippen LogP) is 5.65. The molecule has 4 unspecified atom stereocenters. The van der Waals surface area contributed by atoms with Crippen molar-refractivity contribution in [3.63, 3.8) is 0 Å². The van der Waals surface area contributed by atoms with Gasteiger partial charge >= 0.3 is 7.12 Å². The third-order valence-electron chi connectivity index (χ3n) is 13.1. The van der Waals surface area contributed by atoms with Crippen LogP contribution in [0.3, 0.4) is 0 Å². The molecule has 4 fully saturated rings. The Bertz CT molecular complexity index is 1790. The first-order valence-electron chi connectivity index (χ1n) is 23.9. The Hall–Kier alpha value is -4.31. The van der Waals surface area contributed by atoms with Crippen LogP contribution in [0.1, 0.15) is 135 Å². The van der Waals surface area contributed by atoms with Crippen LogP contribution < -0.4 is 32.3 Å². The second-order valence-corrected chi connectivity index (χ2v) is 18.4. The molecule has 6 rings (SSSR count). The van der Waals surface area contributed by atoms with Crippen molar-refractivity contribution in [1.82, 2.24) is 26.6 Å². The van der Waals surface area contributed by atoms with Crippen LogP contribution in [0.4, 0.5) is 0 Å². The molecule has 1 aliphatic heterocycles. The van der Waals surface area contributed by atoms with Crippen LogP contribution in [0, 0.1) is 17.3 Å². The number of hydrogen-bond acceptors (Lipinski definition) is 9. The van der Waals surface area contributed by atoms with Crippen molar-refractivity contribution >= 4 is 36.7 Å². The maximum Gasteiger partial charge on any atom is 0.478 e. The van der Waals surface area contributed by atoms with Crippen molar-refractivity contribution in [2.24, 2.45) is 23.0 Å². The molecule has 2 aromatic rings. The molecule has 5 amide bonds. The van der Waals surface area contributed by atoms with Gasteiger partial charge in [0.15, 0.2) is 0 Å². The summed E-state index contributed by atoms with van der Waals surface area (Å²) in [4.78, 5) is 65.5. The molecule has 0 spiro atoms. The fourth-order valence-corrected chi connectivity index (χ4v) is 9.05. The molecule has 4 aliphatic rings. The van der Waals surface area contributed by atoms with E-state index in [2.05, 4.69) is 92.4 Å². The van der Waals surface area contributed by atoms with Crippen LogP contribution in [0.2, 0.25) is 0 Å². The minimum absolute atomic E-state index is 0.00226. The number of aryl methyl sites for hydroxylation is 1. The molecule has 1 saturated heterocycles. The van der Waals surface area contributed by atoms with E-state index < -0.39 is 49.4 Å². The molecule has 3 saturated carbocycles. The molecule has 2 bridgehead atoms. The van der Waals surface area contributed by atoms with Gasteiger partial charge in [-0.25, -0.2) is 0 Å². The molecule has 1 heterocycles. The zero-order valence-electron chi connectivity index (χ0n) is 39.7. The Labute approximate surface area is 382 Å². The molecule has 7 N–H and O–H groups in total. The lowest BCUT2D eigenvalue weighted by Gasteiger charge is -2.64. The highest BCUT2D eigenvalue weighted by atomic mass is 16.7. The number of nitrogens with one attached hydrogen (secondary N) is 5. The summed E-state index contributed by atoms with van der Waals surface area (Å²) >= 11 is 0. The van der Waals surface area contributed by atoms with Crippen LogP contribution in [0.5, 0.6) is 0 Å². The average Bonchev–Trinajstić information content (AvgIpc) is 3.64. The standard InChI is InChI=1S/C45H66BN5O8.C4H11N/c1-7-10-12-23-57-28-36(51-40(53)26-47-41(54)33-21-19-32(20-22-33)31-17-15-30(16-18-31)14-11-8-2)43(56)48-27-39(52)50-35(13-9-3)42(55)49-29-46-58-38-25-34-24-37(44(34,4)5)45(38,6)59-46;1-2-3-4-5/h15-22,34-38H,7-14,23-29H2,1-6H3,(H,47,54)(H,48,56)(H,49,55)(H,50,52)(H,51,53);2-5H2,1H3/t34?,35?,36?,37?,38-,45+;/m1./s1. The number of rotatable bonds is 25. The van der Waals surface area contributed by atoms with Gasteiger partial charge in [-0.2, -0.15) is 0 Å². The summed E-state index contributed by atoms with van der Waals surface area (Å²) in [6, 6.07) is 13.6. The lowest BCUT2D eigenvalue weighted by molar-refractivity contribution is -0.199. The number of nitrogens with two attached hydrogens (primary N) is 1. The monoisotopic (exact) mass is 889 g/mol. The van der Waals surface area contributed by atoms with Gasteiger partial charge in [0.05, 0.1) is 37.8 Å². The number of benzene rings is 2. The molecule has 64 heavy (non-hydrogen) atoms. The van der Waals surface area contributed by atoms with Gasteiger partial charge in [0.25, 0.3) is 5.91 Å². The van der Waals surface area contributed by atoms with Crippen LogP contribution >= 0.6 is 0 Å². The first kappa shape index (κ1) is 52.3. The SMILES string of the molecule is CCCCCOCC(NC(=O)CNC(=O)c1ccc(-c2ccc(CCCC)cc2)cc1)C(=O)NCC(=O)NC(CCC)C(=O)NCB1O[C@@H]2CC3CC(C3(C)C)[C@]2(C)O1.CCCCN. The van der Waals surface area contributed by atoms with Crippen LogP contribution in [-0.2, 0) is 39.6 Å².